The fourth-order valence-corrected chi connectivity index (χ4v) is 3.87. The summed E-state index contributed by atoms with van der Waals surface area (Å²) < 4.78 is 12.9. The second-order valence-electron chi connectivity index (χ2n) is 7.85. The first-order chi connectivity index (χ1) is 15.0. The lowest BCUT2D eigenvalue weighted by Crippen LogP contribution is -2.24. The van der Waals surface area contributed by atoms with Crippen LogP contribution < -0.4 is 14.4 Å². The van der Waals surface area contributed by atoms with Crippen molar-refractivity contribution < 1.29 is 19.4 Å². The van der Waals surface area contributed by atoms with E-state index >= 15 is 0 Å². The van der Waals surface area contributed by atoms with E-state index in [1.807, 2.05) is 18.2 Å². The van der Waals surface area contributed by atoms with Gasteiger partial charge >= 0.3 is 0 Å². The molecule has 5 rings (SSSR count). The number of benzene rings is 2. The van der Waals surface area contributed by atoms with Crippen molar-refractivity contribution in [3.63, 3.8) is 0 Å². The largest absolute Gasteiger partial charge is 0.493 e. The number of halogens is 1. The van der Waals surface area contributed by atoms with Gasteiger partial charge < -0.3 is 19.5 Å². The van der Waals surface area contributed by atoms with E-state index in [1.165, 1.54) is 0 Å². The van der Waals surface area contributed by atoms with Gasteiger partial charge in [-0.05, 0) is 55.2 Å². The Labute approximate surface area is 184 Å². The van der Waals surface area contributed by atoms with Gasteiger partial charge in [-0.3, -0.25) is 4.79 Å². The number of aliphatic hydroxyl groups excluding tert-OH is 1. The number of ether oxygens (including phenoxy) is 2. The van der Waals surface area contributed by atoms with Gasteiger partial charge in [0.25, 0.3) is 5.91 Å². The number of amides is 1. The highest BCUT2D eigenvalue weighted by Gasteiger charge is 2.33. The van der Waals surface area contributed by atoms with Crippen LogP contribution in [-0.4, -0.2) is 40.6 Å². The topological polar surface area (TPSA) is 76.8 Å². The van der Waals surface area contributed by atoms with Gasteiger partial charge in [0.05, 0.1) is 36.7 Å². The quantitative estimate of drug-likeness (QED) is 0.605. The number of carbonyl (C=O) groups excluding carboxylic acids is 1. The van der Waals surface area contributed by atoms with Crippen molar-refractivity contribution in [1.29, 1.82) is 0 Å². The van der Waals surface area contributed by atoms with E-state index in [-0.39, 0.29) is 12.5 Å². The summed E-state index contributed by atoms with van der Waals surface area (Å²) in [4.78, 5) is 14.7. The Morgan fingerprint density at radius 3 is 2.58 bits per heavy atom. The van der Waals surface area contributed by atoms with Gasteiger partial charge in [-0.2, -0.15) is 5.10 Å². The average molecular weight is 440 g/mol. The number of carbonyl (C=O) groups is 1. The Kier molecular flexibility index (Phi) is 5.08. The smallest absolute Gasteiger partial charge is 0.262 e. The first kappa shape index (κ1) is 19.9. The molecule has 160 valence electrons. The zero-order valence-electron chi connectivity index (χ0n) is 17.0. The van der Waals surface area contributed by atoms with E-state index in [4.69, 9.17) is 21.1 Å². The van der Waals surface area contributed by atoms with Crippen LogP contribution in [0.4, 0.5) is 5.69 Å². The van der Waals surface area contributed by atoms with Crippen molar-refractivity contribution in [3.05, 3.63) is 64.9 Å². The molecule has 2 heterocycles. The average Bonchev–Trinajstić information content (AvgIpc) is 3.48. The first-order valence-corrected chi connectivity index (χ1v) is 10.6. The predicted molar refractivity (Wildman–Crippen MR) is 116 cm³/mol. The van der Waals surface area contributed by atoms with Crippen LogP contribution in [0, 0.1) is 5.92 Å². The highest BCUT2D eigenvalue weighted by atomic mass is 35.5. The van der Waals surface area contributed by atoms with Crippen molar-refractivity contribution in [3.8, 4) is 17.2 Å². The van der Waals surface area contributed by atoms with E-state index in [9.17, 15) is 9.90 Å². The molecule has 2 aromatic carbocycles. The molecule has 1 aliphatic heterocycles. The van der Waals surface area contributed by atoms with Crippen molar-refractivity contribution in [1.82, 2.24) is 9.78 Å². The predicted octanol–water partition coefficient (Wildman–Crippen LogP) is 3.84. The summed E-state index contributed by atoms with van der Waals surface area (Å²) in [6, 6.07) is 12.7. The Hall–Kier alpha value is -3.03. The number of nitrogens with zero attached hydrogens (tertiary/aromatic N) is 3. The fraction of sp³-hybridized carbons (Fsp3) is 0.304. The molecule has 1 fully saturated rings. The molecule has 0 bridgehead atoms. The molecule has 1 N–H and O–H groups in total. The molecule has 31 heavy (non-hydrogen) atoms. The first-order valence-electron chi connectivity index (χ1n) is 10.2. The van der Waals surface area contributed by atoms with E-state index in [1.54, 1.807) is 47.2 Å². The molecule has 1 saturated carbocycles. The molecule has 7 nitrogen and oxygen atoms in total. The van der Waals surface area contributed by atoms with Crippen molar-refractivity contribution >= 4 is 23.2 Å². The van der Waals surface area contributed by atoms with Gasteiger partial charge in [-0.1, -0.05) is 11.6 Å². The Balaban J connectivity index is 1.33. The number of rotatable bonds is 7. The lowest BCUT2D eigenvalue weighted by molar-refractivity contribution is 0.0880. The normalized spacial score (nSPS) is 16.4. The van der Waals surface area contributed by atoms with E-state index in [0.29, 0.717) is 45.9 Å². The standard InChI is InChI=1S/C23H22ClN3O4/c1-30-22-10-17(8-9-21(22)31-13-20(28)14-2-3-14)26-12-19-18(23(26)29)11-27(25-19)16-6-4-15(24)5-7-16/h4-11,14,20,28H,2-3,12-13H2,1H3/t20-/m0/s1. The van der Waals surface area contributed by atoms with Crippen molar-refractivity contribution in [2.45, 2.75) is 25.5 Å². The second kappa shape index (κ2) is 7.90. The molecule has 1 amide bonds. The number of methoxy groups -OCH3 is 1. The minimum absolute atomic E-state index is 0.116. The summed E-state index contributed by atoms with van der Waals surface area (Å²) in [7, 11) is 1.56. The zero-order chi connectivity index (χ0) is 21.5. The highest BCUT2D eigenvalue weighted by Crippen LogP contribution is 2.37. The third-order valence-corrected chi connectivity index (χ3v) is 5.95. The third-order valence-electron chi connectivity index (χ3n) is 5.70. The van der Waals surface area contributed by atoms with E-state index < -0.39 is 6.10 Å². The number of hydrogen-bond acceptors (Lipinski definition) is 5. The maximum absolute atomic E-state index is 13.0. The maximum Gasteiger partial charge on any atom is 0.262 e. The Bertz CT molecular complexity index is 1120. The number of aromatic nitrogens is 2. The summed E-state index contributed by atoms with van der Waals surface area (Å²) in [6.07, 6.45) is 3.38. The lowest BCUT2D eigenvalue weighted by Gasteiger charge is -2.19. The summed E-state index contributed by atoms with van der Waals surface area (Å²) in [5.41, 5.74) is 2.83. The van der Waals surface area contributed by atoms with Gasteiger partial charge in [0.2, 0.25) is 0 Å². The minimum Gasteiger partial charge on any atom is -0.493 e. The fourth-order valence-electron chi connectivity index (χ4n) is 3.74. The molecule has 0 spiro atoms. The molecule has 1 aliphatic carbocycles. The monoisotopic (exact) mass is 439 g/mol. The van der Waals surface area contributed by atoms with Crippen LogP contribution >= 0.6 is 11.6 Å². The van der Waals surface area contributed by atoms with E-state index in [0.717, 1.165) is 18.5 Å². The summed E-state index contributed by atoms with van der Waals surface area (Å²) in [5.74, 6) is 1.29. The molecule has 2 aliphatic rings. The summed E-state index contributed by atoms with van der Waals surface area (Å²) in [6.45, 7) is 0.603. The van der Waals surface area contributed by atoms with Crippen LogP contribution in [0.2, 0.25) is 5.02 Å². The van der Waals surface area contributed by atoms with Crippen molar-refractivity contribution in [2.75, 3.05) is 18.6 Å². The SMILES string of the molecule is COc1cc(N2Cc3nn(-c4ccc(Cl)cc4)cc3C2=O)ccc1OC[C@H](O)C1CC1. The van der Waals surface area contributed by atoms with Crippen LogP contribution in [0.25, 0.3) is 5.69 Å². The summed E-state index contributed by atoms with van der Waals surface area (Å²) in [5, 5.41) is 15.3. The Morgan fingerprint density at radius 2 is 1.90 bits per heavy atom. The van der Waals surface area contributed by atoms with Crippen LogP contribution in [0.3, 0.4) is 0 Å². The van der Waals surface area contributed by atoms with Gasteiger partial charge in [-0.15, -0.1) is 0 Å². The second-order valence-corrected chi connectivity index (χ2v) is 8.29. The molecule has 1 atom stereocenters. The molecule has 0 saturated heterocycles. The number of fused-ring (bicyclic) bond motifs is 1. The van der Waals surface area contributed by atoms with Crippen LogP contribution in [0.15, 0.2) is 48.7 Å². The van der Waals surface area contributed by atoms with Crippen LogP contribution in [0.5, 0.6) is 11.5 Å². The maximum atomic E-state index is 13.0. The molecular formula is C23H22ClN3O4. The van der Waals surface area contributed by atoms with Gasteiger partial charge in [0, 0.05) is 23.0 Å². The highest BCUT2D eigenvalue weighted by molar-refractivity contribution is 6.30. The van der Waals surface area contributed by atoms with E-state index in [2.05, 4.69) is 5.10 Å². The molecule has 8 heteroatoms. The minimum atomic E-state index is -0.461. The molecule has 1 aromatic heterocycles. The van der Waals surface area contributed by atoms with Gasteiger partial charge in [0.15, 0.2) is 11.5 Å². The van der Waals surface area contributed by atoms with Crippen LogP contribution in [-0.2, 0) is 6.54 Å². The van der Waals surface area contributed by atoms with Gasteiger partial charge in [-0.25, -0.2) is 4.68 Å². The third kappa shape index (κ3) is 3.86. The van der Waals surface area contributed by atoms with Crippen LogP contribution in [0.1, 0.15) is 28.9 Å². The molecule has 0 radical (unpaired) electrons. The summed E-state index contributed by atoms with van der Waals surface area (Å²) >= 11 is 5.95. The molecule has 3 aromatic rings. The number of anilines is 1. The Morgan fingerprint density at radius 1 is 1.16 bits per heavy atom. The lowest BCUT2D eigenvalue weighted by atomic mass is 10.2. The van der Waals surface area contributed by atoms with Crippen molar-refractivity contribution in [2.24, 2.45) is 5.92 Å². The molecular weight excluding hydrogens is 418 g/mol. The number of aliphatic hydroxyl groups is 1. The molecule has 0 unspecified atom stereocenters. The zero-order valence-corrected chi connectivity index (χ0v) is 17.7. The number of hydrogen-bond donors (Lipinski definition) is 1. The van der Waals surface area contributed by atoms with Gasteiger partial charge in [0.1, 0.15) is 6.61 Å².